The van der Waals surface area contributed by atoms with Crippen LogP contribution < -0.4 is 5.32 Å². The molecular weight excluding hydrogens is 258 g/mol. The van der Waals surface area contributed by atoms with Crippen LogP contribution in [0.15, 0.2) is 0 Å². The zero-order chi connectivity index (χ0) is 15.3. The van der Waals surface area contributed by atoms with Gasteiger partial charge >= 0.3 is 12.0 Å². The molecule has 2 amide bonds. The third kappa shape index (κ3) is 4.37. The molecule has 0 aromatic carbocycles. The molecule has 0 bridgehead atoms. The first kappa shape index (κ1) is 16.8. The quantitative estimate of drug-likeness (QED) is 0.741. The number of nitrogens with one attached hydrogen (secondary N) is 1. The van der Waals surface area contributed by atoms with Gasteiger partial charge in [-0.3, -0.25) is 9.69 Å². The molecule has 0 atom stereocenters. The van der Waals surface area contributed by atoms with Gasteiger partial charge < -0.3 is 15.0 Å². The van der Waals surface area contributed by atoms with E-state index in [0.29, 0.717) is 37.8 Å². The fourth-order valence-corrected chi connectivity index (χ4v) is 2.72. The minimum atomic E-state index is -0.399. The molecule has 0 aromatic rings. The lowest BCUT2D eigenvalue weighted by molar-refractivity contribution is -0.141. The molecule has 1 N–H and O–H groups in total. The van der Waals surface area contributed by atoms with Crippen molar-refractivity contribution in [2.45, 2.75) is 52.7 Å². The predicted molar refractivity (Wildman–Crippen MR) is 77.5 cm³/mol. The number of carbonyl (C=O) groups excluding carboxylic acids is 2. The Morgan fingerprint density at radius 3 is 2.25 bits per heavy atom. The highest BCUT2D eigenvalue weighted by Gasteiger charge is 2.36. The molecule has 1 fully saturated rings. The number of likely N-dealkylation sites (tertiary alicyclic amines) is 1. The molecule has 0 saturated carbocycles. The molecule has 116 valence electrons. The van der Waals surface area contributed by atoms with Crippen LogP contribution in [0.2, 0.25) is 0 Å². The Morgan fingerprint density at radius 2 is 1.80 bits per heavy atom. The van der Waals surface area contributed by atoms with E-state index in [1.54, 1.807) is 11.8 Å². The van der Waals surface area contributed by atoms with Crippen molar-refractivity contribution in [1.29, 1.82) is 0 Å². The van der Waals surface area contributed by atoms with Crippen molar-refractivity contribution in [3.8, 4) is 0 Å². The summed E-state index contributed by atoms with van der Waals surface area (Å²) in [6.07, 6.45) is 0. The number of carbonyl (C=O) groups is 2. The summed E-state index contributed by atoms with van der Waals surface area (Å²) >= 11 is 0. The van der Waals surface area contributed by atoms with E-state index in [1.807, 2.05) is 0 Å². The second kappa shape index (κ2) is 7.47. The second-order valence-corrected chi connectivity index (χ2v) is 5.66. The molecule has 0 aliphatic carbocycles. The van der Waals surface area contributed by atoms with E-state index in [0.717, 1.165) is 0 Å². The van der Waals surface area contributed by atoms with Crippen LogP contribution in [-0.2, 0) is 9.53 Å². The lowest BCUT2D eigenvalue weighted by Crippen LogP contribution is -2.65. The van der Waals surface area contributed by atoms with E-state index in [2.05, 4.69) is 37.9 Å². The van der Waals surface area contributed by atoms with Crippen molar-refractivity contribution in [3.63, 3.8) is 0 Å². The lowest BCUT2D eigenvalue weighted by Gasteiger charge is -2.48. The van der Waals surface area contributed by atoms with E-state index in [9.17, 15) is 9.59 Å². The molecule has 6 nitrogen and oxygen atoms in total. The summed E-state index contributed by atoms with van der Waals surface area (Å²) in [7, 11) is 0. The number of ether oxygens (including phenoxy) is 1. The smallest absolute Gasteiger partial charge is 0.325 e. The van der Waals surface area contributed by atoms with Gasteiger partial charge in [-0.25, -0.2) is 4.79 Å². The van der Waals surface area contributed by atoms with Crippen LogP contribution in [0.1, 0.15) is 34.6 Å². The zero-order valence-electron chi connectivity index (χ0n) is 13.2. The number of esters is 1. The van der Waals surface area contributed by atoms with Crippen LogP contribution in [0.4, 0.5) is 4.79 Å². The van der Waals surface area contributed by atoms with E-state index in [4.69, 9.17) is 4.74 Å². The number of amides is 2. The van der Waals surface area contributed by atoms with Gasteiger partial charge in [0.1, 0.15) is 6.54 Å². The van der Waals surface area contributed by atoms with Gasteiger partial charge in [-0.2, -0.15) is 0 Å². The molecule has 1 rings (SSSR count). The number of urea groups is 1. The molecule has 1 heterocycles. The maximum atomic E-state index is 11.8. The van der Waals surface area contributed by atoms with Crippen molar-refractivity contribution in [2.24, 2.45) is 0 Å². The van der Waals surface area contributed by atoms with Gasteiger partial charge in [-0.15, -0.1) is 0 Å². The first-order valence-corrected chi connectivity index (χ1v) is 7.32. The van der Waals surface area contributed by atoms with Gasteiger partial charge in [0.25, 0.3) is 0 Å². The summed E-state index contributed by atoms with van der Waals surface area (Å²) in [5.41, 5.74) is 0. The van der Waals surface area contributed by atoms with Crippen molar-refractivity contribution < 1.29 is 14.3 Å². The van der Waals surface area contributed by atoms with Crippen molar-refractivity contribution in [3.05, 3.63) is 0 Å². The zero-order valence-corrected chi connectivity index (χ0v) is 13.2. The minimum absolute atomic E-state index is 0.0636. The maximum Gasteiger partial charge on any atom is 0.325 e. The average Bonchev–Trinajstić information content (AvgIpc) is 2.29. The molecule has 0 aromatic heterocycles. The summed E-state index contributed by atoms with van der Waals surface area (Å²) in [5, 5.41) is 2.58. The Kier molecular flexibility index (Phi) is 6.26. The molecule has 6 heteroatoms. The number of nitrogens with zero attached hydrogens (tertiary/aromatic N) is 2. The third-order valence-corrected chi connectivity index (χ3v) is 3.45. The van der Waals surface area contributed by atoms with Crippen LogP contribution in [0.5, 0.6) is 0 Å². The summed E-state index contributed by atoms with van der Waals surface area (Å²) in [6, 6.07) is 1.14. The minimum Gasteiger partial charge on any atom is -0.465 e. The van der Waals surface area contributed by atoms with Crippen LogP contribution in [0, 0.1) is 0 Å². The summed E-state index contributed by atoms with van der Waals surface area (Å²) in [6.45, 7) is 12.1. The Hall–Kier alpha value is -1.30. The van der Waals surface area contributed by atoms with Gasteiger partial charge in [-0.05, 0) is 34.6 Å². The van der Waals surface area contributed by atoms with Crippen LogP contribution in [0.3, 0.4) is 0 Å². The number of hydrogen-bond donors (Lipinski definition) is 1. The van der Waals surface area contributed by atoms with Gasteiger partial charge in [0.15, 0.2) is 0 Å². The molecule has 0 radical (unpaired) electrons. The third-order valence-electron chi connectivity index (χ3n) is 3.45. The first-order chi connectivity index (χ1) is 9.36. The Morgan fingerprint density at radius 1 is 1.25 bits per heavy atom. The molecule has 20 heavy (non-hydrogen) atoms. The fraction of sp³-hybridized carbons (Fsp3) is 0.857. The highest BCUT2D eigenvalue weighted by Crippen LogP contribution is 2.20. The van der Waals surface area contributed by atoms with E-state index in [1.165, 1.54) is 0 Å². The number of rotatable bonds is 6. The first-order valence-electron chi connectivity index (χ1n) is 7.32. The van der Waals surface area contributed by atoms with E-state index in [-0.39, 0.29) is 12.6 Å². The van der Waals surface area contributed by atoms with Crippen LogP contribution in [0.25, 0.3) is 0 Å². The fourth-order valence-electron chi connectivity index (χ4n) is 2.72. The Balaban J connectivity index is 2.33. The van der Waals surface area contributed by atoms with Gasteiger partial charge in [0.05, 0.1) is 6.61 Å². The Labute approximate surface area is 121 Å². The van der Waals surface area contributed by atoms with Crippen molar-refractivity contribution in [1.82, 2.24) is 15.1 Å². The van der Waals surface area contributed by atoms with E-state index >= 15 is 0 Å². The number of hydrogen-bond acceptors (Lipinski definition) is 4. The normalized spacial score (nSPS) is 15.7. The maximum absolute atomic E-state index is 11.8. The van der Waals surface area contributed by atoms with Crippen molar-refractivity contribution in [2.75, 3.05) is 26.2 Å². The summed E-state index contributed by atoms with van der Waals surface area (Å²) in [4.78, 5) is 27.1. The summed E-state index contributed by atoms with van der Waals surface area (Å²) in [5.74, 6) is -0.399. The Bertz CT molecular complexity index is 331. The topological polar surface area (TPSA) is 61.9 Å². The van der Waals surface area contributed by atoms with Gasteiger partial charge in [-0.1, -0.05) is 0 Å². The largest absolute Gasteiger partial charge is 0.465 e. The highest BCUT2D eigenvalue weighted by molar-refractivity contribution is 5.81. The average molecular weight is 285 g/mol. The van der Waals surface area contributed by atoms with Crippen LogP contribution in [-0.4, -0.2) is 66.2 Å². The standard InChI is InChI=1S/C14H27N3O3/c1-6-20-13(18)7-15-14(19)16-8-12(9-16)17(10(2)3)11(4)5/h10-12H,6-9H2,1-5H3,(H,15,19). The molecule has 1 aliphatic rings. The predicted octanol–water partition coefficient (Wildman–Crippen LogP) is 1.06. The lowest BCUT2D eigenvalue weighted by atomic mass is 10.0. The molecular formula is C14H27N3O3. The van der Waals surface area contributed by atoms with Gasteiger partial charge in [0.2, 0.25) is 0 Å². The molecule has 0 unspecified atom stereocenters. The highest BCUT2D eigenvalue weighted by atomic mass is 16.5. The SMILES string of the molecule is CCOC(=O)CNC(=O)N1CC(N(C(C)C)C(C)C)C1. The van der Waals surface area contributed by atoms with Gasteiger partial charge in [0, 0.05) is 31.2 Å². The molecule has 1 saturated heterocycles. The molecule has 1 aliphatic heterocycles. The second-order valence-electron chi connectivity index (χ2n) is 5.66. The summed E-state index contributed by atoms with van der Waals surface area (Å²) < 4.78 is 4.77. The monoisotopic (exact) mass is 285 g/mol. The van der Waals surface area contributed by atoms with E-state index < -0.39 is 5.97 Å². The van der Waals surface area contributed by atoms with Crippen LogP contribution >= 0.6 is 0 Å². The molecule has 0 spiro atoms. The van der Waals surface area contributed by atoms with Crippen molar-refractivity contribution >= 4 is 12.0 Å².